The molecule has 2 aromatic carbocycles. The van der Waals surface area contributed by atoms with Crippen molar-refractivity contribution in [2.24, 2.45) is 7.05 Å². The van der Waals surface area contributed by atoms with E-state index >= 15 is 0 Å². The van der Waals surface area contributed by atoms with Gasteiger partial charge in [-0.2, -0.15) is 5.10 Å². The van der Waals surface area contributed by atoms with Crippen LogP contribution in [0, 0.1) is 0 Å². The summed E-state index contributed by atoms with van der Waals surface area (Å²) in [6.07, 6.45) is 2.74. The van der Waals surface area contributed by atoms with Crippen LogP contribution in [0.15, 0.2) is 65.7 Å². The first kappa shape index (κ1) is 29.2. The van der Waals surface area contributed by atoms with Crippen molar-refractivity contribution in [1.82, 2.24) is 29.1 Å². The van der Waals surface area contributed by atoms with Crippen LogP contribution < -0.4 is 5.56 Å². The van der Waals surface area contributed by atoms with E-state index in [2.05, 4.69) is 34.0 Å². The zero-order chi connectivity index (χ0) is 30.0. The Morgan fingerprint density at radius 2 is 1.77 bits per heavy atom. The summed E-state index contributed by atoms with van der Waals surface area (Å²) in [5.41, 5.74) is 3.52. The molecular weight excluding hydrogens is 544 g/mol. The van der Waals surface area contributed by atoms with Crippen LogP contribution in [0.3, 0.4) is 0 Å². The second-order valence-corrected chi connectivity index (χ2v) is 12.1. The lowest BCUT2D eigenvalue weighted by Crippen LogP contribution is -2.49. The average molecular weight is 585 g/mol. The van der Waals surface area contributed by atoms with Gasteiger partial charge in [0.05, 0.1) is 37.4 Å². The van der Waals surface area contributed by atoms with Crippen LogP contribution in [-0.4, -0.2) is 85.1 Å². The van der Waals surface area contributed by atoms with Crippen LogP contribution in [-0.2, 0) is 29.7 Å². The fourth-order valence-corrected chi connectivity index (χ4v) is 6.30. The van der Waals surface area contributed by atoms with Crippen molar-refractivity contribution in [2.45, 2.75) is 50.8 Å². The van der Waals surface area contributed by atoms with Gasteiger partial charge < -0.3 is 14.7 Å². The van der Waals surface area contributed by atoms with Crippen molar-refractivity contribution in [3.63, 3.8) is 0 Å². The number of aromatic nitrogens is 4. The molecule has 2 aromatic heterocycles. The molecule has 0 bridgehead atoms. The minimum Gasteiger partial charge on any atom is -0.388 e. The lowest BCUT2D eigenvalue weighted by molar-refractivity contribution is -0.136. The van der Waals surface area contributed by atoms with Crippen LogP contribution in [0.5, 0.6) is 0 Å². The quantitative estimate of drug-likeness (QED) is 0.339. The Labute approximate surface area is 251 Å². The van der Waals surface area contributed by atoms with E-state index in [1.165, 1.54) is 16.5 Å². The van der Waals surface area contributed by atoms with Gasteiger partial charge in [0, 0.05) is 51.8 Å². The Morgan fingerprint density at radius 3 is 2.51 bits per heavy atom. The summed E-state index contributed by atoms with van der Waals surface area (Å²) < 4.78 is 8.65. The van der Waals surface area contributed by atoms with Crippen LogP contribution in [0.1, 0.15) is 43.2 Å². The number of nitrogens with zero attached hydrogens (tertiary/aromatic N) is 6. The minimum atomic E-state index is -1.10. The van der Waals surface area contributed by atoms with E-state index in [0.717, 1.165) is 49.7 Å². The SMILES string of the molecule is C[C@H](CC(=O)N1CCC(O)(Cn2cnc3c(-c4cccc(CN5CCOCC5)c4)n(C)nc3c2=O)CC1)c1ccccc1. The number of ether oxygens (including phenoxy) is 1. The molecule has 2 fully saturated rings. The molecule has 2 aliphatic heterocycles. The van der Waals surface area contributed by atoms with Crippen molar-refractivity contribution in [2.75, 3.05) is 39.4 Å². The molecular formula is C33H40N6O4. The highest BCUT2D eigenvalue weighted by atomic mass is 16.5. The number of likely N-dealkylation sites (tertiary alicyclic amines) is 1. The summed E-state index contributed by atoms with van der Waals surface area (Å²) in [4.78, 5) is 35.4. The van der Waals surface area contributed by atoms with Gasteiger partial charge >= 0.3 is 0 Å². The standard InChI is InChI=1S/C33H40N6O4/c1-24(26-8-4-3-5-9-26)19-28(40)38-13-11-33(42,12-14-38)22-39-23-34-29-30(32(39)41)35-36(2)31(29)27-10-6-7-25(20-27)21-37-15-17-43-18-16-37/h3-10,20,23-24,42H,11-19,21-22H2,1-2H3/t24-/m1/s1. The number of carbonyl (C=O) groups excluding carboxylic acids is 1. The molecule has 226 valence electrons. The molecule has 1 N–H and O–H groups in total. The molecule has 0 saturated carbocycles. The van der Waals surface area contributed by atoms with Gasteiger partial charge in [0.1, 0.15) is 5.52 Å². The summed E-state index contributed by atoms with van der Waals surface area (Å²) in [6, 6.07) is 18.3. The van der Waals surface area contributed by atoms with E-state index in [1.54, 1.807) is 4.68 Å². The Balaban J connectivity index is 1.14. The molecule has 4 heterocycles. The fraction of sp³-hybridized carbons (Fsp3) is 0.455. The third-order valence-corrected chi connectivity index (χ3v) is 8.88. The summed E-state index contributed by atoms with van der Waals surface area (Å²) in [7, 11) is 1.83. The van der Waals surface area contributed by atoms with Gasteiger partial charge in [-0.05, 0) is 36.0 Å². The van der Waals surface area contributed by atoms with Gasteiger partial charge in [0.15, 0.2) is 5.52 Å². The number of benzene rings is 2. The molecule has 0 aliphatic carbocycles. The maximum Gasteiger partial charge on any atom is 0.281 e. The lowest BCUT2D eigenvalue weighted by atomic mass is 9.90. The van der Waals surface area contributed by atoms with E-state index in [0.29, 0.717) is 37.9 Å². The van der Waals surface area contributed by atoms with E-state index in [4.69, 9.17) is 4.74 Å². The molecule has 0 spiro atoms. The Kier molecular flexibility index (Phi) is 8.43. The van der Waals surface area contributed by atoms with Crippen molar-refractivity contribution in [3.05, 3.63) is 82.4 Å². The monoisotopic (exact) mass is 584 g/mol. The van der Waals surface area contributed by atoms with Gasteiger partial charge in [-0.15, -0.1) is 0 Å². The van der Waals surface area contributed by atoms with E-state index in [9.17, 15) is 14.7 Å². The molecule has 1 amide bonds. The van der Waals surface area contributed by atoms with Crippen molar-refractivity contribution in [1.29, 1.82) is 0 Å². The highest BCUT2D eigenvalue weighted by molar-refractivity contribution is 5.89. The first-order valence-electron chi connectivity index (χ1n) is 15.2. The van der Waals surface area contributed by atoms with Crippen LogP contribution in [0.4, 0.5) is 0 Å². The molecule has 10 heteroatoms. The van der Waals surface area contributed by atoms with Gasteiger partial charge in [0.25, 0.3) is 5.56 Å². The molecule has 4 aromatic rings. The fourth-order valence-electron chi connectivity index (χ4n) is 6.30. The Bertz CT molecular complexity index is 1630. The van der Waals surface area contributed by atoms with Crippen LogP contribution in [0.2, 0.25) is 0 Å². The first-order valence-corrected chi connectivity index (χ1v) is 15.2. The third-order valence-electron chi connectivity index (χ3n) is 8.88. The number of aryl methyl sites for hydroxylation is 1. The van der Waals surface area contributed by atoms with Gasteiger partial charge in [-0.3, -0.25) is 23.7 Å². The predicted molar refractivity (Wildman–Crippen MR) is 165 cm³/mol. The van der Waals surface area contributed by atoms with Crippen LogP contribution >= 0.6 is 0 Å². The number of rotatable bonds is 8. The number of morpholine rings is 1. The number of aliphatic hydroxyl groups is 1. The largest absolute Gasteiger partial charge is 0.388 e. The molecule has 2 saturated heterocycles. The zero-order valence-electron chi connectivity index (χ0n) is 25.0. The molecule has 10 nitrogen and oxygen atoms in total. The second kappa shape index (κ2) is 12.4. The maximum absolute atomic E-state index is 13.6. The highest BCUT2D eigenvalue weighted by Gasteiger charge is 2.35. The Morgan fingerprint density at radius 1 is 1.02 bits per heavy atom. The second-order valence-electron chi connectivity index (χ2n) is 12.1. The van der Waals surface area contributed by atoms with Gasteiger partial charge in [-0.25, -0.2) is 4.98 Å². The third kappa shape index (κ3) is 6.41. The zero-order valence-corrected chi connectivity index (χ0v) is 25.0. The molecule has 1 atom stereocenters. The normalized spacial score (nSPS) is 18.2. The van der Waals surface area contributed by atoms with E-state index in [1.807, 2.05) is 54.4 Å². The summed E-state index contributed by atoms with van der Waals surface area (Å²) in [6.45, 7) is 7.24. The van der Waals surface area contributed by atoms with E-state index in [-0.39, 0.29) is 29.4 Å². The molecule has 0 radical (unpaired) electrons. The molecule has 6 rings (SSSR count). The number of piperidine rings is 1. The Hall–Kier alpha value is -3.86. The molecule has 2 aliphatic rings. The number of amides is 1. The summed E-state index contributed by atoms with van der Waals surface area (Å²) in [5, 5.41) is 16.0. The minimum absolute atomic E-state index is 0.0914. The van der Waals surface area contributed by atoms with Crippen molar-refractivity contribution in [3.8, 4) is 11.3 Å². The topological polar surface area (TPSA) is 106 Å². The first-order chi connectivity index (χ1) is 20.8. The number of fused-ring (bicyclic) bond motifs is 1. The smallest absolute Gasteiger partial charge is 0.281 e. The highest BCUT2D eigenvalue weighted by Crippen LogP contribution is 2.29. The maximum atomic E-state index is 13.6. The van der Waals surface area contributed by atoms with Gasteiger partial charge in [0.2, 0.25) is 5.91 Å². The lowest BCUT2D eigenvalue weighted by Gasteiger charge is -2.38. The number of hydrogen-bond acceptors (Lipinski definition) is 7. The van der Waals surface area contributed by atoms with Crippen molar-refractivity contribution >= 4 is 16.9 Å². The van der Waals surface area contributed by atoms with Crippen molar-refractivity contribution < 1.29 is 14.6 Å². The number of carbonyl (C=O) groups is 1. The molecule has 0 unspecified atom stereocenters. The average Bonchev–Trinajstić information content (AvgIpc) is 3.36. The predicted octanol–water partition coefficient (Wildman–Crippen LogP) is 3.18. The van der Waals surface area contributed by atoms with Gasteiger partial charge in [-0.1, -0.05) is 55.5 Å². The van der Waals surface area contributed by atoms with Crippen LogP contribution in [0.25, 0.3) is 22.3 Å². The molecule has 43 heavy (non-hydrogen) atoms. The summed E-state index contributed by atoms with van der Waals surface area (Å²) >= 11 is 0. The van der Waals surface area contributed by atoms with E-state index < -0.39 is 5.60 Å². The number of hydrogen-bond donors (Lipinski definition) is 1. The summed E-state index contributed by atoms with van der Waals surface area (Å²) in [5.74, 6) is 0.218.